The fourth-order valence-corrected chi connectivity index (χ4v) is 3.02. The number of aromatic nitrogens is 2. The van der Waals surface area contributed by atoms with E-state index in [-0.39, 0.29) is 6.79 Å². The molecule has 3 aromatic rings. The van der Waals surface area contributed by atoms with Crippen molar-refractivity contribution in [2.24, 2.45) is 4.99 Å². The van der Waals surface area contributed by atoms with Gasteiger partial charge in [0.1, 0.15) is 0 Å². The molecule has 0 atom stereocenters. The van der Waals surface area contributed by atoms with Crippen molar-refractivity contribution in [3.05, 3.63) is 45.1 Å². The molecule has 0 saturated heterocycles. The van der Waals surface area contributed by atoms with Crippen LogP contribution in [-0.4, -0.2) is 23.0 Å². The monoisotopic (exact) mass is 375 g/mol. The smallest absolute Gasteiger partial charge is 0.231 e. The summed E-state index contributed by atoms with van der Waals surface area (Å²) in [5, 5.41) is 0. The molecule has 110 valence electrons. The molecule has 0 bridgehead atoms. The van der Waals surface area contributed by atoms with Crippen molar-refractivity contribution in [3.63, 3.8) is 0 Å². The fraction of sp³-hybridized carbons (Fsp3) is 0.0667. The minimum absolute atomic E-state index is 0.235. The maximum absolute atomic E-state index is 5.49. The Morgan fingerprint density at radius 1 is 1.14 bits per heavy atom. The third-order valence-electron chi connectivity index (χ3n) is 3.32. The molecule has 2 aromatic carbocycles. The van der Waals surface area contributed by atoms with Gasteiger partial charge in [0.25, 0.3) is 0 Å². The van der Waals surface area contributed by atoms with Crippen molar-refractivity contribution < 1.29 is 9.47 Å². The van der Waals surface area contributed by atoms with Gasteiger partial charge < -0.3 is 19.4 Å². The van der Waals surface area contributed by atoms with E-state index >= 15 is 0 Å². The van der Waals surface area contributed by atoms with Gasteiger partial charge in [-0.1, -0.05) is 15.9 Å². The topological polar surface area (TPSA) is 62.4 Å². The van der Waals surface area contributed by atoms with Crippen LogP contribution in [-0.2, 0) is 0 Å². The third-order valence-corrected chi connectivity index (χ3v) is 3.98. The molecule has 0 spiro atoms. The molecule has 1 aromatic heterocycles. The molecule has 1 aliphatic rings. The summed E-state index contributed by atoms with van der Waals surface area (Å²) in [6.07, 6.45) is 1.76. The van der Waals surface area contributed by atoms with Gasteiger partial charge in [0, 0.05) is 16.3 Å². The quantitative estimate of drug-likeness (QED) is 0.513. The van der Waals surface area contributed by atoms with Gasteiger partial charge in [0.05, 0.1) is 16.7 Å². The summed E-state index contributed by atoms with van der Waals surface area (Å²) in [6, 6.07) is 9.63. The molecule has 1 aliphatic heterocycles. The minimum Gasteiger partial charge on any atom is -0.454 e. The number of imidazole rings is 1. The number of ether oxygens (including phenoxy) is 2. The van der Waals surface area contributed by atoms with Gasteiger partial charge in [-0.2, -0.15) is 0 Å². The van der Waals surface area contributed by atoms with Gasteiger partial charge in [-0.15, -0.1) is 0 Å². The molecule has 0 radical (unpaired) electrons. The standard InChI is InChI=1S/C15H10BrN3O2S/c16-9-3-8(14-13(4-9)20-7-21-14)6-17-10-1-2-11-12(5-10)19-15(22)18-11/h1-6H,7H2,(H2,18,19,22)/b17-6+. The molecule has 7 heteroatoms. The van der Waals surface area contributed by atoms with Gasteiger partial charge >= 0.3 is 0 Å². The lowest BCUT2D eigenvalue weighted by Crippen LogP contribution is -1.94. The zero-order valence-electron chi connectivity index (χ0n) is 11.2. The second-order valence-electron chi connectivity index (χ2n) is 4.80. The van der Waals surface area contributed by atoms with Gasteiger partial charge in [-0.3, -0.25) is 4.99 Å². The van der Waals surface area contributed by atoms with Crippen LogP contribution in [0.4, 0.5) is 5.69 Å². The Kier molecular flexibility index (Phi) is 3.24. The number of hydrogen-bond acceptors (Lipinski definition) is 4. The first-order valence-electron chi connectivity index (χ1n) is 6.54. The van der Waals surface area contributed by atoms with Crippen LogP contribution in [0.5, 0.6) is 11.5 Å². The van der Waals surface area contributed by atoms with Crippen LogP contribution >= 0.6 is 28.1 Å². The maximum Gasteiger partial charge on any atom is 0.231 e. The van der Waals surface area contributed by atoms with E-state index in [0.29, 0.717) is 10.5 Å². The summed E-state index contributed by atoms with van der Waals surface area (Å²) in [5.41, 5.74) is 3.58. The number of halogens is 1. The molecule has 22 heavy (non-hydrogen) atoms. The number of nitrogens with zero attached hydrogens (tertiary/aromatic N) is 1. The Morgan fingerprint density at radius 2 is 2.00 bits per heavy atom. The van der Waals surface area contributed by atoms with Crippen LogP contribution in [0.15, 0.2) is 39.8 Å². The highest BCUT2D eigenvalue weighted by Crippen LogP contribution is 2.37. The SMILES string of the molecule is S=c1[nH]c2ccc(/N=C/c3cc(Br)cc4c3OCO4)cc2[nH]1. The van der Waals surface area contributed by atoms with Crippen molar-refractivity contribution >= 4 is 51.1 Å². The summed E-state index contributed by atoms with van der Waals surface area (Å²) < 4.78 is 12.4. The van der Waals surface area contributed by atoms with E-state index < -0.39 is 0 Å². The number of benzene rings is 2. The molecule has 2 N–H and O–H groups in total. The molecule has 0 fully saturated rings. The van der Waals surface area contributed by atoms with Crippen molar-refractivity contribution in [2.75, 3.05) is 6.79 Å². The number of rotatable bonds is 2. The summed E-state index contributed by atoms with van der Waals surface area (Å²) in [7, 11) is 0. The van der Waals surface area contributed by atoms with Gasteiger partial charge in [0.15, 0.2) is 16.3 Å². The number of aromatic amines is 2. The molecule has 0 amide bonds. The summed E-state index contributed by atoms with van der Waals surface area (Å²) in [4.78, 5) is 10.7. The van der Waals surface area contributed by atoms with Crippen LogP contribution in [0.3, 0.4) is 0 Å². The third kappa shape index (κ3) is 2.42. The first-order valence-corrected chi connectivity index (χ1v) is 7.74. The lowest BCUT2D eigenvalue weighted by molar-refractivity contribution is 0.174. The molecule has 2 heterocycles. The zero-order valence-corrected chi connectivity index (χ0v) is 13.6. The second kappa shape index (κ2) is 5.26. The largest absolute Gasteiger partial charge is 0.454 e. The summed E-state index contributed by atoms with van der Waals surface area (Å²) in [5.74, 6) is 1.44. The van der Waals surface area contributed by atoms with Crippen molar-refractivity contribution in [1.82, 2.24) is 9.97 Å². The highest BCUT2D eigenvalue weighted by molar-refractivity contribution is 9.10. The first kappa shape index (κ1) is 13.5. The van der Waals surface area contributed by atoms with Gasteiger partial charge in [0.2, 0.25) is 6.79 Å². The van der Waals surface area contributed by atoms with E-state index in [9.17, 15) is 0 Å². The van der Waals surface area contributed by atoms with E-state index in [0.717, 1.165) is 32.5 Å². The second-order valence-corrected chi connectivity index (χ2v) is 6.12. The Bertz CT molecular complexity index is 961. The molecule has 0 unspecified atom stereocenters. The van der Waals surface area contributed by atoms with Crippen LogP contribution in [0, 0.1) is 4.77 Å². The highest BCUT2D eigenvalue weighted by atomic mass is 79.9. The minimum atomic E-state index is 0.235. The van der Waals surface area contributed by atoms with E-state index in [1.54, 1.807) is 6.21 Å². The lowest BCUT2D eigenvalue weighted by atomic mass is 10.2. The number of H-pyrrole nitrogens is 2. The molecular weight excluding hydrogens is 366 g/mol. The highest BCUT2D eigenvalue weighted by Gasteiger charge is 2.17. The average molecular weight is 376 g/mol. The molecule has 4 rings (SSSR count). The van der Waals surface area contributed by atoms with Crippen LogP contribution in [0.1, 0.15) is 5.56 Å². The van der Waals surface area contributed by atoms with Gasteiger partial charge in [-0.05, 0) is 42.5 Å². The predicted molar refractivity (Wildman–Crippen MR) is 91.0 cm³/mol. The molecular formula is C15H10BrN3O2S. The van der Waals surface area contributed by atoms with Crippen molar-refractivity contribution in [1.29, 1.82) is 0 Å². The Morgan fingerprint density at radius 3 is 2.91 bits per heavy atom. The van der Waals surface area contributed by atoms with Crippen LogP contribution in [0.25, 0.3) is 11.0 Å². The lowest BCUT2D eigenvalue weighted by Gasteiger charge is -2.02. The predicted octanol–water partition coefficient (Wildman–Crippen LogP) is 4.47. The maximum atomic E-state index is 5.49. The van der Waals surface area contributed by atoms with Gasteiger partial charge in [-0.25, -0.2) is 0 Å². The van der Waals surface area contributed by atoms with Crippen LogP contribution in [0.2, 0.25) is 0 Å². The molecule has 0 aliphatic carbocycles. The summed E-state index contributed by atoms with van der Waals surface area (Å²) in [6.45, 7) is 0.235. The number of fused-ring (bicyclic) bond motifs is 2. The normalized spacial score (nSPS) is 13.3. The zero-order chi connectivity index (χ0) is 15.1. The van der Waals surface area contributed by atoms with E-state index in [2.05, 4.69) is 30.9 Å². The van der Waals surface area contributed by atoms with E-state index in [1.807, 2.05) is 30.3 Å². The van der Waals surface area contributed by atoms with E-state index in [4.69, 9.17) is 21.7 Å². The van der Waals surface area contributed by atoms with Crippen LogP contribution < -0.4 is 9.47 Å². The number of hydrogen-bond donors (Lipinski definition) is 2. The summed E-state index contributed by atoms with van der Waals surface area (Å²) >= 11 is 8.54. The number of aliphatic imine (C=N–C) groups is 1. The fourth-order valence-electron chi connectivity index (χ4n) is 2.34. The average Bonchev–Trinajstić information content (AvgIpc) is 3.08. The molecule has 5 nitrogen and oxygen atoms in total. The Balaban J connectivity index is 1.72. The molecule has 0 saturated carbocycles. The van der Waals surface area contributed by atoms with Crippen molar-refractivity contribution in [2.45, 2.75) is 0 Å². The Labute approximate surface area is 139 Å². The Hall–Kier alpha value is -2.12. The van der Waals surface area contributed by atoms with E-state index in [1.165, 1.54) is 0 Å². The first-order chi connectivity index (χ1) is 10.7. The number of nitrogens with one attached hydrogen (secondary N) is 2. The van der Waals surface area contributed by atoms with Crippen molar-refractivity contribution in [3.8, 4) is 11.5 Å².